The number of benzene rings is 1. The van der Waals surface area contributed by atoms with Gasteiger partial charge < -0.3 is 20.1 Å². The van der Waals surface area contributed by atoms with E-state index in [9.17, 15) is 35.0 Å². The summed E-state index contributed by atoms with van der Waals surface area (Å²) in [6.45, 7) is 2.38. The number of carbonyl (C=O) groups excluding carboxylic acids is 2. The summed E-state index contributed by atoms with van der Waals surface area (Å²) < 4.78 is 5.21. The zero-order valence-corrected chi connectivity index (χ0v) is 23.1. The van der Waals surface area contributed by atoms with Gasteiger partial charge in [-0.1, -0.05) is 19.1 Å². The summed E-state index contributed by atoms with van der Waals surface area (Å²) in [7, 11) is 0. The maximum atomic E-state index is 12.9. The van der Waals surface area contributed by atoms with Gasteiger partial charge in [0.15, 0.2) is 0 Å². The van der Waals surface area contributed by atoms with Crippen molar-refractivity contribution in [3.05, 3.63) is 51.6 Å². The van der Waals surface area contributed by atoms with E-state index in [1.165, 1.54) is 24.3 Å². The van der Waals surface area contributed by atoms with Crippen molar-refractivity contribution in [3.63, 3.8) is 0 Å². The van der Waals surface area contributed by atoms with E-state index in [1.54, 1.807) is 12.3 Å². The van der Waals surface area contributed by atoms with Crippen LogP contribution in [0.25, 0.3) is 0 Å². The predicted molar refractivity (Wildman–Crippen MR) is 147 cm³/mol. The molecule has 0 saturated heterocycles. The van der Waals surface area contributed by atoms with E-state index in [0.29, 0.717) is 44.9 Å². The Labute approximate surface area is 237 Å². The van der Waals surface area contributed by atoms with Gasteiger partial charge in [0.1, 0.15) is 12.2 Å². The van der Waals surface area contributed by atoms with Gasteiger partial charge in [-0.25, -0.2) is 10.2 Å². The molecule has 0 unspecified atom stereocenters. The van der Waals surface area contributed by atoms with Gasteiger partial charge in [0.05, 0.1) is 22.2 Å². The number of ether oxygens (including phenoxy) is 1. The van der Waals surface area contributed by atoms with Crippen LogP contribution in [0.1, 0.15) is 75.1 Å². The largest absolute Gasteiger partial charge is 0.458 e. The molecule has 0 spiro atoms. The van der Waals surface area contributed by atoms with Crippen molar-refractivity contribution in [1.82, 2.24) is 5.43 Å². The summed E-state index contributed by atoms with van der Waals surface area (Å²) in [4.78, 5) is 35.5. The maximum Gasteiger partial charge on any atom is 0.331 e. The molecule has 220 valence electrons. The van der Waals surface area contributed by atoms with E-state index in [4.69, 9.17) is 4.74 Å². The normalized spacial score (nSPS) is 41.7. The Morgan fingerprint density at radius 2 is 1.88 bits per heavy atom. The van der Waals surface area contributed by atoms with Gasteiger partial charge in [-0.15, -0.1) is 0 Å². The number of carbonyl (C=O) groups is 2. The number of rotatable bonds is 5. The predicted octanol–water partition coefficient (Wildman–Crippen LogP) is 3.02. The number of cyclic esters (lactones) is 1. The zero-order chi connectivity index (χ0) is 29.2. The van der Waals surface area contributed by atoms with Crippen molar-refractivity contribution in [2.75, 3.05) is 6.61 Å². The number of hydrazone groups is 1. The first-order valence-electron chi connectivity index (χ1n) is 14.5. The SMILES string of the molecule is C[C@]12CC[C@H]3[C@@H](CC[C@]4(O)C[C@H](O)CC[C@]34/C=N\NC(=O)c3ccccc3[N+](=O)[O-])[C@]1(O)CC[C@H]2C1=CC(=O)OC1. The molecule has 1 amide bonds. The highest BCUT2D eigenvalue weighted by Crippen LogP contribution is 2.70. The van der Waals surface area contributed by atoms with Crippen LogP contribution in [-0.4, -0.2) is 62.2 Å². The number of fused-ring (bicyclic) bond motifs is 5. The summed E-state index contributed by atoms with van der Waals surface area (Å²) >= 11 is 0. The van der Waals surface area contributed by atoms with Gasteiger partial charge in [-0.2, -0.15) is 5.10 Å². The van der Waals surface area contributed by atoms with Crippen LogP contribution in [0.15, 0.2) is 41.0 Å². The van der Waals surface area contributed by atoms with Crippen LogP contribution in [0.2, 0.25) is 0 Å². The van der Waals surface area contributed by atoms with Gasteiger partial charge in [-0.05, 0) is 80.8 Å². The summed E-state index contributed by atoms with van der Waals surface area (Å²) in [5, 5.41) is 50.8. The second kappa shape index (κ2) is 9.71. The van der Waals surface area contributed by atoms with E-state index >= 15 is 0 Å². The summed E-state index contributed by atoms with van der Waals surface area (Å²) in [5.74, 6) is -1.36. The second-order valence-corrected chi connectivity index (χ2v) is 13.0. The lowest BCUT2D eigenvalue weighted by atomic mass is 9.41. The van der Waals surface area contributed by atoms with Crippen molar-refractivity contribution in [3.8, 4) is 0 Å². The lowest BCUT2D eigenvalue weighted by Gasteiger charge is -2.65. The number of nitro groups is 1. The first-order chi connectivity index (χ1) is 19.4. The summed E-state index contributed by atoms with van der Waals surface area (Å²) in [6.07, 6.45) is 7.18. The van der Waals surface area contributed by atoms with E-state index < -0.39 is 39.0 Å². The Bertz CT molecular complexity index is 1350. The van der Waals surface area contributed by atoms with Gasteiger partial charge in [0.2, 0.25) is 0 Å². The molecule has 41 heavy (non-hydrogen) atoms. The standard InChI is InChI=1S/C30H37N3O8/c1-27-10-7-22-23(30(27,38)13-9-21(27)18-14-25(35)41-16-18)8-12-29(37)15-19(34)6-11-28(22,29)17-31-32-26(36)20-4-2-3-5-24(20)33(39)40/h2-5,14,17,19,21-23,34,37-38H,6-13,15-16H2,1H3,(H,32,36)/b31-17-/t19-,21+,22+,23-,27-,28+,29+,30-/m1/s1. The Kier molecular flexibility index (Phi) is 6.63. The van der Waals surface area contributed by atoms with Crippen molar-refractivity contribution in [2.24, 2.45) is 33.7 Å². The molecule has 4 fully saturated rings. The molecule has 6 rings (SSSR count). The van der Waals surface area contributed by atoms with Crippen LogP contribution in [0.5, 0.6) is 0 Å². The zero-order valence-electron chi connectivity index (χ0n) is 23.1. The van der Waals surface area contributed by atoms with Crippen molar-refractivity contribution in [1.29, 1.82) is 0 Å². The van der Waals surface area contributed by atoms with E-state index in [-0.39, 0.29) is 48.0 Å². The summed E-state index contributed by atoms with van der Waals surface area (Å²) in [6, 6.07) is 5.63. The third-order valence-corrected chi connectivity index (χ3v) is 11.4. The Morgan fingerprint density at radius 3 is 2.61 bits per heavy atom. The molecule has 4 saturated carbocycles. The third-order valence-electron chi connectivity index (χ3n) is 11.4. The van der Waals surface area contributed by atoms with Crippen LogP contribution in [0, 0.1) is 38.7 Å². The number of nitrogens with one attached hydrogen (secondary N) is 1. The van der Waals surface area contributed by atoms with E-state index in [0.717, 1.165) is 12.0 Å². The number of nitrogens with zero attached hydrogens (tertiary/aromatic N) is 2. The van der Waals surface area contributed by atoms with Crippen molar-refractivity contribution >= 4 is 23.8 Å². The molecule has 0 bridgehead atoms. The molecule has 1 heterocycles. The number of hydrogen-bond acceptors (Lipinski definition) is 9. The lowest BCUT2D eigenvalue weighted by Crippen LogP contribution is -2.68. The van der Waals surface area contributed by atoms with Gasteiger partial charge >= 0.3 is 5.97 Å². The molecule has 5 aliphatic rings. The number of hydrogen-bond donors (Lipinski definition) is 4. The fourth-order valence-corrected chi connectivity index (χ4v) is 9.45. The lowest BCUT2D eigenvalue weighted by molar-refractivity contribution is -0.385. The molecule has 1 aromatic carbocycles. The molecular formula is C30H37N3O8. The second-order valence-electron chi connectivity index (χ2n) is 13.0. The number of esters is 1. The molecule has 11 heteroatoms. The van der Waals surface area contributed by atoms with Crippen molar-refractivity contribution < 1.29 is 34.6 Å². The van der Waals surface area contributed by atoms with E-state index in [2.05, 4.69) is 17.5 Å². The fraction of sp³-hybridized carbons (Fsp3) is 0.633. The number of aliphatic hydroxyl groups is 3. The average molecular weight is 568 g/mol. The van der Waals surface area contributed by atoms with Gasteiger partial charge in [0, 0.05) is 35.6 Å². The van der Waals surface area contributed by atoms with Crippen LogP contribution in [0.3, 0.4) is 0 Å². The highest BCUT2D eigenvalue weighted by Gasteiger charge is 2.71. The first-order valence-corrected chi connectivity index (χ1v) is 14.5. The topological polar surface area (TPSA) is 172 Å². The quantitative estimate of drug-likeness (QED) is 0.182. The molecule has 4 N–H and O–H groups in total. The third kappa shape index (κ3) is 4.07. The van der Waals surface area contributed by atoms with Crippen LogP contribution < -0.4 is 5.43 Å². The Balaban J connectivity index is 1.32. The molecule has 4 aliphatic carbocycles. The molecule has 0 aromatic heterocycles. The molecular weight excluding hydrogens is 530 g/mol. The number of para-hydroxylation sites is 1. The fourth-order valence-electron chi connectivity index (χ4n) is 9.45. The van der Waals surface area contributed by atoms with E-state index in [1.807, 2.05) is 0 Å². The maximum absolute atomic E-state index is 12.9. The minimum atomic E-state index is -1.28. The monoisotopic (exact) mass is 567 g/mol. The first kappa shape index (κ1) is 28.0. The van der Waals surface area contributed by atoms with Gasteiger partial charge in [-0.3, -0.25) is 14.9 Å². The Hall–Kier alpha value is -3.15. The minimum Gasteiger partial charge on any atom is -0.458 e. The van der Waals surface area contributed by atoms with Crippen molar-refractivity contribution in [2.45, 2.75) is 82.0 Å². The molecule has 1 aliphatic heterocycles. The molecule has 0 radical (unpaired) electrons. The molecule has 11 nitrogen and oxygen atoms in total. The highest BCUT2D eigenvalue weighted by molar-refractivity contribution is 5.98. The number of nitro benzene ring substituents is 1. The van der Waals surface area contributed by atoms with Crippen LogP contribution in [-0.2, 0) is 9.53 Å². The van der Waals surface area contributed by atoms with Crippen LogP contribution >= 0.6 is 0 Å². The van der Waals surface area contributed by atoms with Crippen LogP contribution in [0.4, 0.5) is 5.69 Å². The number of amides is 1. The Morgan fingerprint density at radius 1 is 1.12 bits per heavy atom. The summed E-state index contributed by atoms with van der Waals surface area (Å²) in [5.41, 5.74) is -0.754. The smallest absolute Gasteiger partial charge is 0.331 e. The minimum absolute atomic E-state index is 0.0273. The molecule has 1 aromatic rings. The average Bonchev–Trinajstić information content (AvgIpc) is 3.48. The highest BCUT2D eigenvalue weighted by atomic mass is 16.6. The van der Waals surface area contributed by atoms with Gasteiger partial charge in [0.25, 0.3) is 11.6 Å². The number of aliphatic hydroxyl groups excluding tert-OH is 1. The molecule has 8 atom stereocenters.